The van der Waals surface area contributed by atoms with Crippen LogP contribution < -0.4 is 5.73 Å². The fourth-order valence-corrected chi connectivity index (χ4v) is 9.76. The standard InChI is InChI=1S/C15H33NO2Si/c1-10(2)19(11(3)4,12(5)6)18-15-8-14(16)7-13(15)9-17/h10-15,17H,7-9,16H2,1-6H3. The summed E-state index contributed by atoms with van der Waals surface area (Å²) in [6.07, 6.45) is 1.98. The topological polar surface area (TPSA) is 55.5 Å². The van der Waals surface area contributed by atoms with Gasteiger partial charge in [-0.25, -0.2) is 0 Å². The Hall–Kier alpha value is 0.0969. The number of hydrogen-bond donors (Lipinski definition) is 2. The molecule has 1 saturated carbocycles. The van der Waals surface area contributed by atoms with Crippen LogP contribution in [0.2, 0.25) is 16.6 Å². The van der Waals surface area contributed by atoms with Crippen molar-refractivity contribution in [1.82, 2.24) is 0 Å². The molecule has 114 valence electrons. The van der Waals surface area contributed by atoms with Crippen molar-refractivity contribution in [2.45, 2.75) is 83.2 Å². The second kappa shape index (κ2) is 6.70. The molecule has 0 radical (unpaired) electrons. The summed E-state index contributed by atoms with van der Waals surface area (Å²) in [4.78, 5) is 0. The van der Waals surface area contributed by atoms with E-state index in [9.17, 15) is 5.11 Å². The van der Waals surface area contributed by atoms with E-state index < -0.39 is 8.32 Å². The average molecular weight is 288 g/mol. The fourth-order valence-electron chi connectivity index (χ4n) is 4.13. The first kappa shape index (κ1) is 17.1. The zero-order valence-corrected chi connectivity index (χ0v) is 14.5. The number of nitrogens with two attached hydrogens (primary N) is 1. The molecular weight excluding hydrogens is 254 g/mol. The molecule has 0 aromatic rings. The van der Waals surface area contributed by atoms with E-state index in [1.54, 1.807) is 0 Å². The Morgan fingerprint density at radius 1 is 1.05 bits per heavy atom. The lowest BCUT2D eigenvalue weighted by Gasteiger charge is -2.45. The van der Waals surface area contributed by atoms with Gasteiger partial charge in [0, 0.05) is 18.6 Å². The molecule has 0 aliphatic heterocycles. The van der Waals surface area contributed by atoms with Crippen molar-refractivity contribution in [3.05, 3.63) is 0 Å². The molecule has 3 N–H and O–H groups in total. The van der Waals surface area contributed by atoms with Gasteiger partial charge in [-0.05, 0) is 29.5 Å². The monoisotopic (exact) mass is 287 g/mol. The average Bonchev–Trinajstić information content (AvgIpc) is 2.64. The van der Waals surface area contributed by atoms with Gasteiger partial charge in [-0.15, -0.1) is 0 Å². The third kappa shape index (κ3) is 3.41. The maximum Gasteiger partial charge on any atom is 0.200 e. The zero-order valence-electron chi connectivity index (χ0n) is 13.5. The summed E-state index contributed by atoms with van der Waals surface area (Å²) < 4.78 is 6.76. The van der Waals surface area contributed by atoms with Crippen LogP contribution in [0.5, 0.6) is 0 Å². The Labute approximate surface area is 120 Å². The normalized spacial score (nSPS) is 28.9. The Bertz CT molecular complexity index is 260. The van der Waals surface area contributed by atoms with Gasteiger partial charge in [0.15, 0.2) is 0 Å². The summed E-state index contributed by atoms with van der Waals surface area (Å²) in [6, 6.07) is 0.195. The Morgan fingerprint density at radius 2 is 1.53 bits per heavy atom. The first-order chi connectivity index (χ1) is 8.75. The lowest BCUT2D eigenvalue weighted by molar-refractivity contribution is 0.0941. The van der Waals surface area contributed by atoms with E-state index in [4.69, 9.17) is 10.2 Å². The van der Waals surface area contributed by atoms with Crippen LogP contribution in [0.25, 0.3) is 0 Å². The predicted molar refractivity (Wildman–Crippen MR) is 83.7 cm³/mol. The highest BCUT2D eigenvalue weighted by Gasteiger charge is 2.48. The quantitative estimate of drug-likeness (QED) is 0.737. The van der Waals surface area contributed by atoms with Gasteiger partial charge in [0.25, 0.3) is 0 Å². The van der Waals surface area contributed by atoms with Crippen molar-refractivity contribution in [3.8, 4) is 0 Å². The predicted octanol–water partition coefficient (Wildman–Crippen LogP) is 3.28. The molecule has 19 heavy (non-hydrogen) atoms. The van der Waals surface area contributed by atoms with Crippen LogP contribution in [0.15, 0.2) is 0 Å². The minimum absolute atomic E-state index is 0.166. The van der Waals surface area contributed by atoms with E-state index in [1.165, 1.54) is 0 Å². The molecule has 4 heteroatoms. The van der Waals surface area contributed by atoms with Crippen molar-refractivity contribution in [1.29, 1.82) is 0 Å². The summed E-state index contributed by atoms with van der Waals surface area (Å²) in [7, 11) is -1.85. The fraction of sp³-hybridized carbons (Fsp3) is 1.00. The Kier molecular flexibility index (Phi) is 6.05. The molecule has 0 heterocycles. The van der Waals surface area contributed by atoms with E-state index in [1.807, 2.05) is 0 Å². The van der Waals surface area contributed by atoms with Gasteiger partial charge in [-0.2, -0.15) is 0 Å². The Morgan fingerprint density at radius 3 is 1.89 bits per heavy atom. The highest BCUT2D eigenvalue weighted by molar-refractivity contribution is 6.77. The van der Waals surface area contributed by atoms with E-state index in [0.717, 1.165) is 12.8 Å². The van der Waals surface area contributed by atoms with Gasteiger partial charge in [-0.1, -0.05) is 41.5 Å². The molecule has 3 atom stereocenters. The molecule has 0 aromatic carbocycles. The van der Waals surface area contributed by atoms with Crippen LogP contribution in [0.4, 0.5) is 0 Å². The molecular formula is C15H33NO2Si. The highest BCUT2D eigenvalue weighted by atomic mass is 28.4. The van der Waals surface area contributed by atoms with Crippen LogP contribution >= 0.6 is 0 Å². The van der Waals surface area contributed by atoms with Gasteiger partial charge >= 0.3 is 0 Å². The lowest BCUT2D eigenvalue weighted by Crippen LogP contribution is -2.51. The molecule has 1 fully saturated rings. The SMILES string of the molecule is CC(C)[Si](OC1CC(N)CC1CO)(C(C)C)C(C)C. The number of rotatable bonds is 6. The summed E-state index contributed by atoms with van der Waals surface area (Å²) in [5.74, 6) is 0.234. The molecule has 0 amide bonds. The van der Waals surface area contributed by atoms with Crippen molar-refractivity contribution in [2.75, 3.05) is 6.61 Å². The number of aliphatic hydroxyl groups is 1. The summed E-state index contributed by atoms with van der Waals surface area (Å²) in [6.45, 7) is 14.0. The van der Waals surface area contributed by atoms with E-state index in [-0.39, 0.29) is 24.7 Å². The molecule has 3 nitrogen and oxygen atoms in total. The van der Waals surface area contributed by atoms with Crippen LogP contribution in [0.1, 0.15) is 54.4 Å². The van der Waals surface area contributed by atoms with Crippen molar-refractivity contribution >= 4 is 8.32 Å². The maximum absolute atomic E-state index is 9.55. The molecule has 0 aromatic heterocycles. The molecule has 3 unspecified atom stereocenters. The number of hydrogen-bond acceptors (Lipinski definition) is 3. The first-order valence-corrected chi connectivity index (χ1v) is 9.93. The minimum atomic E-state index is -1.85. The first-order valence-electron chi connectivity index (χ1n) is 7.79. The van der Waals surface area contributed by atoms with Crippen molar-refractivity contribution < 1.29 is 9.53 Å². The molecule has 1 aliphatic carbocycles. The second-order valence-electron chi connectivity index (χ2n) is 7.15. The summed E-state index contributed by atoms with van der Waals surface area (Å²) >= 11 is 0. The van der Waals surface area contributed by atoms with Gasteiger partial charge in [0.2, 0.25) is 8.32 Å². The number of aliphatic hydroxyl groups excluding tert-OH is 1. The molecule has 0 spiro atoms. The molecule has 0 bridgehead atoms. The third-order valence-corrected chi connectivity index (χ3v) is 11.1. The maximum atomic E-state index is 9.55. The minimum Gasteiger partial charge on any atom is -0.413 e. The molecule has 1 rings (SSSR count). The van der Waals surface area contributed by atoms with Crippen LogP contribution in [-0.2, 0) is 4.43 Å². The zero-order chi connectivity index (χ0) is 14.8. The summed E-state index contributed by atoms with van der Waals surface area (Å²) in [5.41, 5.74) is 7.82. The molecule has 0 saturated heterocycles. The highest BCUT2D eigenvalue weighted by Crippen LogP contribution is 2.45. The largest absolute Gasteiger partial charge is 0.413 e. The molecule has 1 aliphatic rings. The van der Waals surface area contributed by atoms with Crippen LogP contribution in [0.3, 0.4) is 0 Å². The van der Waals surface area contributed by atoms with Gasteiger partial charge in [-0.3, -0.25) is 0 Å². The second-order valence-corrected chi connectivity index (χ2v) is 12.6. The third-order valence-electron chi connectivity index (χ3n) is 4.96. The van der Waals surface area contributed by atoms with E-state index in [0.29, 0.717) is 16.6 Å². The van der Waals surface area contributed by atoms with Crippen molar-refractivity contribution in [3.63, 3.8) is 0 Å². The van der Waals surface area contributed by atoms with Crippen LogP contribution in [0, 0.1) is 5.92 Å². The van der Waals surface area contributed by atoms with Crippen LogP contribution in [-0.4, -0.2) is 32.2 Å². The van der Waals surface area contributed by atoms with E-state index in [2.05, 4.69) is 41.5 Å². The smallest absolute Gasteiger partial charge is 0.200 e. The lowest BCUT2D eigenvalue weighted by atomic mass is 10.1. The van der Waals surface area contributed by atoms with Gasteiger partial charge in [0.1, 0.15) is 0 Å². The summed E-state index contributed by atoms with van der Waals surface area (Å²) in [5, 5.41) is 9.55. The van der Waals surface area contributed by atoms with Gasteiger partial charge in [0.05, 0.1) is 6.10 Å². The van der Waals surface area contributed by atoms with Crippen molar-refractivity contribution in [2.24, 2.45) is 11.7 Å². The van der Waals surface area contributed by atoms with Gasteiger partial charge < -0.3 is 15.3 Å². The van der Waals surface area contributed by atoms with E-state index >= 15 is 0 Å². The Balaban J connectivity index is 2.94.